The van der Waals surface area contributed by atoms with Gasteiger partial charge in [0.15, 0.2) is 5.69 Å². The quantitative estimate of drug-likeness (QED) is 0.349. The minimum absolute atomic E-state index is 0.0421. The molecule has 2 amide bonds. The van der Waals surface area contributed by atoms with Crippen molar-refractivity contribution in [1.82, 2.24) is 30.0 Å². The molecule has 4 heterocycles. The summed E-state index contributed by atoms with van der Waals surface area (Å²) in [4.78, 5) is 42.5. The van der Waals surface area contributed by atoms with Gasteiger partial charge < -0.3 is 19.5 Å². The Morgan fingerprint density at radius 2 is 1.79 bits per heavy atom. The monoisotopic (exact) mass is 587 g/mol. The summed E-state index contributed by atoms with van der Waals surface area (Å²) >= 11 is 0. The van der Waals surface area contributed by atoms with Gasteiger partial charge in [0, 0.05) is 44.5 Å². The van der Waals surface area contributed by atoms with Gasteiger partial charge >= 0.3 is 0 Å². The van der Waals surface area contributed by atoms with Crippen molar-refractivity contribution in [2.24, 2.45) is 5.92 Å². The number of amides is 2. The second-order valence-corrected chi connectivity index (χ2v) is 11.7. The minimum Gasteiger partial charge on any atom is -0.447 e. The third-order valence-electron chi connectivity index (χ3n) is 8.59. The second-order valence-electron chi connectivity index (χ2n) is 11.7. The van der Waals surface area contributed by atoms with E-state index in [4.69, 9.17) is 4.42 Å². The zero-order chi connectivity index (χ0) is 30.2. The van der Waals surface area contributed by atoms with Crippen molar-refractivity contribution in [3.05, 3.63) is 65.6 Å². The highest BCUT2D eigenvalue weighted by molar-refractivity contribution is 6.03. The molecule has 0 spiro atoms. The first kappa shape index (κ1) is 30.8. The maximum atomic E-state index is 13.8. The Hall–Kier alpha value is -3.60. The number of hydrogen-bond acceptors (Lipinski definition) is 8. The number of likely N-dealkylation sites (tertiary alicyclic amines) is 1. The van der Waals surface area contributed by atoms with Crippen LogP contribution in [0.25, 0.3) is 11.1 Å². The Morgan fingerprint density at radius 3 is 2.49 bits per heavy atom. The van der Waals surface area contributed by atoms with Crippen LogP contribution in [-0.4, -0.2) is 95.4 Å². The lowest BCUT2D eigenvalue weighted by molar-refractivity contribution is -0.115. The number of nitrogens with one attached hydrogen (secondary N) is 2. The van der Waals surface area contributed by atoms with Crippen LogP contribution in [-0.2, 0) is 17.8 Å². The fraction of sp³-hybridized carbons (Fsp3) is 0.515. The highest BCUT2D eigenvalue weighted by atomic mass is 16.3. The lowest BCUT2D eigenvalue weighted by Crippen LogP contribution is -2.50. The SMILES string of the molecule is CCc1cccc(-c2cnc(C(=O)N3CCN(CC4CCN(CC)CC4)CC3)c(NC(=O)CNCc3nc(C)co3)c2)c1. The van der Waals surface area contributed by atoms with Crippen LogP contribution in [0.2, 0.25) is 0 Å². The van der Waals surface area contributed by atoms with E-state index in [1.54, 1.807) is 12.5 Å². The van der Waals surface area contributed by atoms with Crippen LogP contribution in [0, 0.1) is 12.8 Å². The number of nitrogens with zero attached hydrogens (tertiary/aromatic N) is 5. The van der Waals surface area contributed by atoms with Crippen LogP contribution in [0.5, 0.6) is 0 Å². The molecule has 0 radical (unpaired) electrons. The number of piperazine rings is 1. The van der Waals surface area contributed by atoms with Gasteiger partial charge in [0.1, 0.15) is 6.26 Å². The highest BCUT2D eigenvalue weighted by Crippen LogP contribution is 2.27. The van der Waals surface area contributed by atoms with E-state index >= 15 is 0 Å². The molecule has 2 aliphatic rings. The van der Waals surface area contributed by atoms with Crippen LogP contribution < -0.4 is 10.6 Å². The largest absolute Gasteiger partial charge is 0.447 e. The van der Waals surface area contributed by atoms with E-state index in [-0.39, 0.29) is 24.1 Å². The first-order valence-corrected chi connectivity index (χ1v) is 15.7. The first-order chi connectivity index (χ1) is 20.9. The lowest BCUT2D eigenvalue weighted by Gasteiger charge is -2.38. The highest BCUT2D eigenvalue weighted by Gasteiger charge is 2.28. The Balaban J connectivity index is 1.25. The molecule has 5 rings (SSSR count). The van der Waals surface area contributed by atoms with Gasteiger partial charge in [-0.05, 0) is 68.9 Å². The van der Waals surface area contributed by atoms with Gasteiger partial charge in [0.25, 0.3) is 5.91 Å². The molecule has 2 N–H and O–H groups in total. The van der Waals surface area contributed by atoms with Gasteiger partial charge in [-0.2, -0.15) is 0 Å². The lowest BCUT2D eigenvalue weighted by atomic mass is 9.96. The zero-order valence-corrected chi connectivity index (χ0v) is 25.8. The third-order valence-corrected chi connectivity index (χ3v) is 8.59. The Kier molecular flexibility index (Phi) is 10.6. The summed E-state index contributed by atoms with van der Waals surface area (Å²) in [7, 11) is 0. The maximum Gasteiger partial charge on any atom is 0.274 e. The zero-order valence-electron chi connectivity index (χ0n) is 25.8. The van der Waals surface area contributed by atoms with E-state index in [9.17, 15) is 9.59 Å². The number of benzene rings is 1. The van der Waals surface area contributed by atoms with Gasteiger partial charge in [-0.15, -0.1) is 0 Å². The van der Waals surface area contributed by atoms with Crippen molar-refractivity contribution < 1.29 is 14.0 Å². The Labute approximate surface area is 254 Å². The molecule has 10 heteroatoms. The molecule has 0 atom stereocenters. The van der Waals surface area contributed by atoms with Crippen molar-refractivity contribution in [2.75, 3.05) is 64.2 Å². The minimum atomic E-state index is -0.266. The van der Waals surface area contributed by atoms with E-state index in [0.717, 1.165) is 55.3 Å². The van der Waals surface area contributed by atoms with Gasteiger partial charge in [-0.3, -0.25) is 19.8 Å². The van der Waals surface area contributed by atoms with Gasteiger partial charge in [0.2, 0.25) is 11.8 Å². The molecule has 0 saturated carbocycles. The summed E-state index contributed by atoms with van der Waals surface area (Å²) in [5.74, 6) is 0.834. The maximum absolute atomic E-state index is 13.8. The predicted molar refractivity (Wildman–Crippen MR) is 168 cm³/mol. The summed E-state index contributed by atoms with van der Waals surface area (Å²) < 4.78 is 5.35. The summed E-state index contributed by atoms with van der Waals surface area (Å²) in [5.41, 5.74) is 4.54. The van der Waals surface area contributed by atoms with Gasteiger partial charge in [0.05, 0.1) is 24.5 Å². The van der Waals surface area contributed by atoms with Gasteiger partial charge in [-0.1, -0.05) is 38.1 Å². The molecular weight excluding hydrogens is 542 g/mol. The molecule has 0 unspecified atom stereocenters. The van der Waals surface area contributed by atoms with Crippen molar-refractivity contribution in [3.63, 3.8) is 0 Å². The molecular formula is C33H45N7O3. The summed E-state index contributed by atoms with van der Waals surface area (Å²) in [6, 6.07) is 10.1. The fourth-order valence-corrected chi connectivity index (χ4v) is 5.95. The normalized spacial score (nSPS) is 16.9. The Bertz CT molecular complexity index is 1370. The van der Waals surface area contributed by atoms with Crippen molar-refractivity contribution in [3.8, 4) is 11.1 Å². The van der Waals surface area contributed by atoms with Crippen LogP contribution in [0.4, 0.5) is 5.69 Å². The average Bonchev–Trinajstić information content (AvgIpc) is 3.46. The molecule has 1 aromatic carbocycles. The number of aryl methyl sites for hydroxylation is 2. The number of hydrogen-bond donors (Lipinski definition) is 2. The van der Waals surface area contributed by atoms with Gasteiger partial charge in [-0.25, -0.2) is 9.97 Å². The van der Waals surface area contributed by atoms with Crippen molar-refractivity contribution >= 4 is 17.5 Å². The summed E-state index contributed by atoms with van der Waals surface area (Å²) in [6.45, 7) is 14.2. The molecule has 2 fully saturated rings. The molecule has 43 heavy (non-hydrogen) atoms. The number of oxazole rings is 1. The standard InChI is InChI=1S/C33H45N7O3/c1-4-25-7-6-8-27(17-25)28-18-29(37-30(41)20-34-21-31-36-24(3)23-43-31)32(35-19-28)33(42)40-15-13-39(14-16-40)22-26-9-11-38(5-2)12-10-26/h6-8,17-19,23,26,34H,4-5,9-16,20-22H2,1-3H3,(H,37,41). The number of carbonyl (C=O) groups excluding carboxylic acids is 2. The smallest absolute Gasteiger partial charge is 0.274 e. The predicted octanol–water partition coefficient (Wildman–Crippen LogP) is 3.83. The summed E-state index contributed by atoms with van der Waals surface area (Å²) in [5, 5.41) is 6.02. The topological polar surface area (TPSA) is 107 Å². The van der Waals surface area contributed by atoms with E-state index in [1.807, 2.05) is 30.0 Å². The molecule has 2 aliphatic heterocycles. The number of aromatic nitrogens is 2. The van der Waals surface area contributed by atoms with E-state index in [0.29, 0.717) is 31.2 Å². The summed E-state index contributed by atoms with van der Waals surface area (Å²) in [6.07, 6.45) is 6.73. The number of rotatable bonds is 11. The van der Waals surface area contributed by atoms with Crippen molar-refractivity contribution in [2.45, 2.75) is 46.6 Å². The Morgan fingerprint density at radius 1 is 1.00 bits per heavy atom. The number of pyridine rings is 1. The first-order valence-electron chi connectivity index (χ1n) is 15.7. The second kappa shape index (κ2) is 14.7. The molecule has 2 aromatic heterocycles. The van der Waals surface area contributed by atoms with E-state index < -0.39 is 0 Å². The van der Waals surface area contributed by atoms with E-state index in [2.05, 4.69) is 56.4 Å². The van der Waals surface area contributed by atoms with E-state index in [1.165, 1.54) is 31.5 Å². The fourth-order valence-electron chi connectivity index (χ4n) is 5.95. The van der Waals surface area contributed by atoms with Crippen LogP contribution >= 0.6 is 0 Å². The number of piperidine rings is 1. The van der Waals surface area contributed by atoms with Crippen molar-refractivity contribution in [1.29, 1.82) is 0 Å². The number of anilines is 1. The molecule has 230 valence electrons. The molecule has 0 aliphatic carbocycles. The molecule has 3 aromatic rings. The molecule has 10 nitrogen and oxygen atoms in total. The van der Waals surface area contributed by atoms with Crippen LogP contribution in [0.15, 0.2) is 47.2 Å². The molecule has 2 saturated heterocycles. The molecule has 0 bridgehead atoms. The van der Waals surface area contributed by atoms with Crippen LogP contribution in [0.1, 0.15) is 54.3 Å². The third kappa shape index (κ3) is 8.28. The average molecular weight is 588 g/mol. The number of carbonyl (C=O) groups is 2. The van der Waals surface area contributed by atoms with Crippen LogP contribution in [0.3, 0.4) is 0 Å².